The van der Waals surface area contributed by atoms with Crippen molar-refractivity contribution < 1.29 is 20.1 Å². The molecule has 1 aromatic rings. The van der Waals surface area contributed by atoms with Gasteiger partial charge in [-0.2, -0.15) is 0 Å². The van der Waals surface area contributed by atoms with Crippen LogP contribution < -0.4 is 0 Å². The molecule has 0 aliphatic heterocycles. The molecule has 0 radical (unpaired) electrons. The summed E-state index contributed by atoms with van der Waals surface area (Å²) in [6.45, 7) is -0.210. The molecule has 1 rings (SSSR count). The third-order valence-corrected chi connectivity index (χ3v) is 2.65. The Bertz CT molecular complexity index is 468. The molecular weight excluding hydrogens is 250 g/mol. The van der Waals surface area contributed by atoms with Gasteiger partial charge < -0.3 is 15.3 Å². The van der Waals surface area contributed by atoms with E-state index in [9.17, 15) is 15.0 Å². The number of rotatable bonds is 7. The number of nitrogens with zero attached hydrogens (tertiary/aromatic N) is 3. The predicted molar refractivity (Wildman–Crippen MR) is 67.4 cm³/mol. The quantitative estimate of drug-likeness (QED) is 0.391. The average molecular weight is 265 g/mol. The van der Waals surface area contributed by atoms with Gasteiger partial charge in [-0.1, -0.05) is 29.4 Å². The number of aliphatic carboxylic acids is 1. The van der Waals surface area contributed by atoms with E-state index in [0.717, 1.165) is 5.56 Å². The van der Waals surface area contributed by atoms with E-state index in [1.165, 1.54) is 0 Å². The van der Waals surface area contributed by atoms with Gasteiger partial charge in [-0.05, 0) is 23.1 Å². The zero-order chi connectivity index (χ0) is 14.3. The summed E-state index contributed by atoms with van der Waals surface area (Å²) in [6, 6.07) is 6.62. The molecule has 0 saturated carbocycles. The molecule has 0 heterocycles. The molecule has 3 N–H and O–H groups in total. The summed E-state index contributed by atoms with van der Waals surface area (Å²) in [4.78, 5) is 12.9. The average Bonchev–Trinajstić information content (AvgIpc) is 2.42. The second-order valence-electron chi connectivity index (χ2n) is 4.06. The zero-order valence-electron chi connectivity index (χ0n) is 10.2. The fourth-order valence-corrected chi connectivity index (χ4v) is 1.57. The maximum atomic E-state index is 10.4. The number of aryl methyl sites for hydroxylation is 1. The molecule has 0 aliphatic carbocycles. The van der Waals surface area contributed by atoms with Crippen molar-refractivity contribution in [1.29, 1.82) is 0 Å². The lowest BCUT2D eigenvalue weighted by molar-refractivity contribution is -0.136. The van der Waals surface area contributed by atoms with E-state index in [1.54, 1.807) is 24.3 Å². The first kappa shape index (κ1) is 15.0. The highest BCUT2D eigenvalue weighted by Gasteiger charge is 2.17. The van der Waals surface area contributed by atoms with Crippen molar-refractivity contribution in [2.24, 2.45) is 5.11 Å². The molecule has 0 aliphatic rings. The topological polar surface area (TPSA) is 127 Å². The highest BCUT2D eigenvalue weighted by molar-refractivity contribution is 5.67. The largest absolute Gasteiger partial charge is 0.481 e. The Kier molecular flexibility index (Phi) is 5.81. The van der Waals surface area contributed by atoms with Crippen molar-refractivity contribution in [3.05, 3.63) is 45.8 Å². The number of benzene rings is 1. The van der Waals surface area contributed by atoms with Crippen molar-refractivity contribution in [3.8, 4) is 0 Å². The summed E-state index contributed by atoms with van der Waals surface area (Å²) >= 11 is 0. The van der Waals surface area contributed by atoms with E-state index in [4.69, 9.17) is 10.6 Å². The molecule has 2 atom stereocenters. The second kappa shape index (κ2) is 7.38. The van der Waals surface area contributed by atoms with Crippen LogP contribution in [-0.2, 0) is 11.2 Å². The molecule has 19 heavy (non-hydrogen) atoms. The first-order valence-electron chi connectivity index (χ1n) is 5.72. The highest BCUT2D eigenvalue weighted by Crippen LogP contribution is 2.18. The zero-order valence-corrected chi connectivity index (χ0v) is 10.2. The lowest BCUT2D eigenvalue weighted by atomic mass is 10.0. The first-order valence-corrected chi connectivity index (χ1v) is 5.72. The van der Waals surface area contributed by atoms with Crippen molar-refractivity contribution in [2.75, 3.05) is 6.54 Å². The molecule has 0 amide bonds. The van der Waals surface area contributed by atoms with Crippen molar-refractivity contribution in [2.45, 2.75) is 25.0 Å². The third-order valence-electron chi connectivity index (χ3n) is 2.65. The molecular formula is C12H15N3O4. The van der Waals surface area contributed by atoms with E-state index in [1.807, 2.05) is 0 Å². The Morgan fingerprint density at radius 2 is 1.95 bits per heavy atom. The maximum absolute atomic E-state index is 10.4. The van der Waals surface area contributed by atoms with Crippen LogP contribution in [0.3, 0.4) is 0 Å². The van der Waals surface area contributed by atoms with Crippen LogP contribution in [-0.4, -0.2) is 33.9 Å². The molecule has 102 valence electrons. The van der Waals surface area contributed by atoms with Gasteiger partial charge in [-0.25, -0.2) is 0 Å². The standard InChI is InChI=1S/C12H15N3O4/c13-15-14-7-10(16)12(19)9-4-1-8(2-5-9)3-6-11(17)18/h1-2,4-5,10,12,16,19H,3,6-7H2,(H,17,18). The SMILES string of the molecule is [N-]=[N+]=NCC(O)C(O)c1ccc(CCC(=O)O)cc1. The molecule has 0 saturated heterocycles. The first-order chi connectivity index (χ1) is 9.04. The monoisotopic (exact) mass is 265 g/mol. The summed E-state index contributed by atoms with van der Waals surface area (Å²) < 4.78 is 0. The predicted octanol–water partition coefficient (Wildman–Crippen LogP) is 1.41. The van der Waals surface area contributed by atoms with Gasteiger partial charge in [0.1, 0.15) is 6.10 Å². The number of carboxylic acids is 1. The van der Waals surface area contributed by atoms with Crippen LogP contribution in [0.1, 0.15) is 23.7 Å². The van der Waals surface area contributed by atoms with Crippen LogP contribution in [0.25, 0.3) is 10.4 Å². The van der Waals surface area contributed by atoms with Gasteiger partial charge in [-0.15, -0.1) is 0 Å². The van der Waals surface area contributed by atoms with Gasteiger partial charge >= 0.3 is 5.97 Å². The number of hydrogen-bond acceptors (Lipinski definition) is 4. The molecule has 2 unspecified atom stereocenters. The molecule has 0 spiro atoms. The van der Waals surface area contributed by atoms with Crippen LogP contribution in [0.4, 0.5) is 0 Å². The minimum absolute atomic E-state index is 0.0431. The number of azide groups is 1. The smallest absolute Gasteiger partial charge is 0.303 e. The molecule has 0 bridgehead atoms. The molecule has 1 aromatic carbocycles. The Hall–Kier alpha value is -2.08. The lowest BCUT2D eigenvalue weighted by Crippen LogP contribution is -2.21. The fraction of sp³-hybridized carbons (Fsp3) is 0.417. The van der Waals surface area contributed by atoms with Crippen LogP contribution in [0.2, 0.25) is 0 Å². The second-order valence-corrected chi connectivity index (χ2v) is 4.06. The summed E-state index contributed by atoms with van der Waals surface area (Å²) in [5.74, 6) is -0.867. The maximum Gasteiger partial charge on any atom is 0.303 e. The van der Waals surface area contributed by atoms with E-state index >= 15 is 0 Å². The minimum Gasteiger partial charge on any atom is -0.481 e. The molecule has 0 fully saturated rings. The molecule has 7 heteroatoms. The summed E-state index contributed by atoms with van der Waals surface area (Å²) in [5, 5.41) is 31.1. The number of hydrogen-bond donors (Lipinski definition) is 3. The van der Waals surface area contributed by atoms with Gasteiger partial charge in [0.2, 0.25) is 0 Å². The normalized spacial score (nSPS) is 13.4. The highest BCUT2D eigenvalue weighted by atomic mass is 16.4. The number of aliphatic hydroxyl groups is 2. The minimum atomic E-state index is -1.17. The van der Waals surface area contributed by atoms with Crippen molar-refractivity contribution in [3.63, 3.8) is 0 Å². The van der Waals surface area contributed by atoms with Crippen LogP contribution in [0, 0.1) is 0 Å². The van der Waals surface area contributed by atoms with Gasteiger partial charge in [0.15, 0.2) is 0 Å². The van der Waals surface area contributed by atoms with E-state index in [-0.39, 0.29) is 13.0 Å². The Morgan fingerprint density at radius 3 is 2.47 bits per heavy atom. The summed E-state index contributed by atoms with van der Waals surface area (Å²) in [7, 11) is 0. The van der Waals surface area contributed by atoms with Gasteiger partial charge in [0.05, 0.1) is 12.6 Å². The number of carboxylic acid groups (broad SMARTS) is 1. The number of aliphatic hydroxyl groups excluding tert-OH is 2. The van der Waals surface area contributed by atoms with E-state index in [2.05, 4.69) is 10.0 Å². The number of carbonyl (C=O) groups is 1. The fourth-order valence-electron chi connectivity index (χ4n) is 1.57. The van der Waals surface area contributed by atoms with Gasteiger partial charge in [0, 0.05) is 11.3 Å². The van der Waals surface area contributed by atoms with E-state index < -0.39 is 18.2 Å². The third kappa shape index (κ3) is 4.97. The summed E-state index contributed by atoms with van der Waals surface area (Å²) in [5.41, 5.74) is 9.45. The molecule has 0 aromatic heterocycles. The van der Waals surface area contributed by atoms with Crippen LogP contribution >= 0.6 is 0 Å². The Labute approximate surface area is 109 Å². The Morgan fingerprint density at radius 1 is 1.32 bits per heavy atom. The van der Waals surface area contributed by atoms with Gasteiger partial charge in [0.25, 0.3) is 0 Å². The van der Waals surface area contributed by atoms with E-state index in [0.29, 0.717) is 12.0 Å². The van der Waals surface area contributed by atoms with Crippen LogP contribution in [0.15, 0.2) is 29.4 Å². The lowest BCUT2D eigenvalue weighted by Gasteiger charge is -2.16. The van der Waals surface area contributed by atoms with Gasteiger partial charge in [-0.3, -0.25) is 4.79 Å². The Balaban J connectivity index is 2.64. The molecule has 7 nitrogen and oxygen atoms in total. The van der Waals surface area contributed by atoms with Crippen molar-refractivity contribution >= 4 is 5.97 Å². The van der Waals surface area contributed by atoms with Crippen LogP contribution in [0.5, 0.6) is 0 Å². The van der Waals surface area contributed by atoms with Crippen molar-refractivity contribution in [1.82, 2.24) is 0 Å². The summed E-state index contributed by atoms with van der Waals surface area (Å²) in [6.07, 6.45) is -1.85.